The summed E-state index contributed by atoms with van der Waals surface area (Å²) in [4.78, 5) is 0.279. The molecular formula is C14H20N2O2S2. The topological polar surface area (TPSA) is 72.2 Å². The lowest BCUT2D eigenvalue weighted by Gasteiger charge is -2.13. The molecule has 2 unspecified atom stereocenters. The molecule has 1 aliphatic rings. The zero-order chi connectivity index (χ0) is 14.8. The largest absolute Gasteiger partial charge is 0.389 e. The fraction of sp³-hybridized carbons (Fsp3) is 0.500. The van der Waals surface area contributed by atoms with E-state index in [0.717, 1.165) is 19.3 Å². The molecule has 0 aromatic heterocycles. The van der Waals surface area contributed by atoms with E-state index in [1.165, 1.54) is 0 Å². The van der Waals surface area contributed by atoms with Crippen molar-refractivity contribution in [3.05, 3.63) is 35.4 Å². The van der Waals surface area contributed by atoms with Crippen molar-refractivity contribution < 1.29 is 8.42 Å². The Morgan fingerprint density at radius 1 is 1.45 bits per heavy atom. The summed E-state index contributed by atoms with van der Waals surface area (Å²) in [7, 11) is -3.32. The van der Waals surface area contributed by atoms with Gasteiger partial charge in [-0.15, -0.1) is 0 Å². The standard InChI is InChI=1S/C14H20N2O2S2/c1-10-5-6-13(7-10)16-20(17,18)9-11-3-2-4-12(8-11)14(15)19/h2-4,8,10,13,16H,5-7,9H2,1H3,(H2,15,19). The van der Waals surface area contributed by atoms with Gasteiger partial charge in [0.05, 0.1) is 5.75 Å². The molecule has 0 radical (unpaired) electrons. The SMILES string of the molecule is CC1CCC(NS(=O)(=O)Cc2cccc(C(N)=S)c2)C1. The second-order valence-electron chi connectivity index (χ2n) is 5.56. The molecule has 1 aromatic carbocycles. The van der Waals surface area contributed by atoms with Crippen molar-refractivity contribution in [3.8, 4) is 0 Å². The monoisotopic (exact) mass is 312 g/mol. The molecular weight excluding hydrogens is 292 g/mol. The van der Waals surface area contributed by atoms with Crippen LogP contribution in [0, 0.1) is 5.92 Å². The van der Waals surface area contributed by atoms with Crippen LogP contribution in [0.2, 0.25) is 0 Å². The summed E-state index contributed by atoms with van der Waals surface area (Å²) in [5.74, 6) is 0.564. The van der Waals surface area contributed by atoms with Crippen molar-refractivity contribution in [3.63, 3.8) is 0 Å². The van der Waals surface area contributed by atoms with Crippen LogP contribution in [0.1, 0.15) is 37.3 Å². The summed E-state index contributed by atoms with van der Waals surface area (Å²) in [6.07, 6.45) is 2.93. The minimum atomic E-state index is -3.32. The van der Waals surface area contributed by atoms with Crippen molar-refractivity contribution in [2.45, 2.75) is 38.0 Å². The van der Waals surface area contributed by atoms with E-state index in [2.05, 4.69) is 11.6 Å². The second kappa shape index (κ2) is 6.20. The van der Waals surface area contributed by atoms with Gasteiger partial charge in [0.1, 0.15) is 4.99 Å². The molecule has 2 rings (SSSR count). The first-order valence-corrected chi connectivity index (χ1v) is 8.80. The Kier molecular flexibility index (Phi) is 4.78. The summed E-state index contributed by atoms with van der Waals surface area (Å²) in [6.45, 7) is 2.15. The van der Waals surface area contributed by atoms with Gasteiger partial charge in [-0.3, -0.25) is 0 Å². The van der Waals surface area contributed by atoms with Gasteiger partial charge in [0.15, 0.2) is 0 Å². The van der Waals surface area contributed by atoms with Crippen LogP contribution in [0.25, 0.3) is 0 Å². The van der Waals surface area contributed by atoms with Crippen LogP contribution < -0.4 is 10.5 Å². The van der Waals surface area contributed by atoms with Crippen molar-refractivity contribution in [1.29, 1.82) is 0 Å². The van der Waals surface area contributed by atoms with Gasteiger partial charge in [-0.1, -0.05) is 37.3 Å². The maximum atomic E-state index is 12.2. The predicted molar refractivity (Wildman–Crippen MR) is 84.9 cm³/mol. The van der Waals surface area contributed by atoms with Gasteiger partial charge in [-0.25, -0.2) is 13.1 Å². The Bertz CT molecular complexity index is 599. The molecule has 2 atom stereocenters. The molecule has 3 N–H and O–H groups in total. The summed E-state index contributed by atoms with van der Waals surface area (Å²) >= 11 is 4.90. The zero-order valence-corrected chi connectivity index (χ0v) is 13.1. The summed E-state index contributed by atoms with van der Waals surface area (Å²) in [6, 6.07) is 7.15. The van der Waals surface area contributed by atoms with E-state index >= 15 is 0 Å². The molecule has 1 fully saturated rings. The molecule has 20 heavy (non-hydrogen) atoms. The Hall–Kier alpha value is -0.980. The highest BCUT2D eigenvalue weighted by Crippen LogP contribution is 2.25. The maximum Gasteiger partial charge on any atom is 0.216 e. The maximum absolute atomic E-state index is 12.2. The van der Waals surface area contributed by atoms with Crippen LogP contribution >= 0.6 is 12.2 Å². The van der Waals surface area contributed by atoms with E-state index in [0.29, 0.717) is 17.0 Å². The van der Waals surface area contributed by atoms with E-state index in [4.69, 9.17) is 18.0 Å². The minimum Gasteiger partial charge on any atom is -0.389 e. The molecule has 1 saturated carbocycles. The molecule has 0 heterocycles. The molecule has 0 aliphatic heterocycles. The van der Waals surface area contributed by atoms with E-state index in [1.54, 1.807) is 24.3 Å². The summed E-state index contributed by atoms with van der Waals surface area (Å²) < 4.78 is 27.1. The molecule has 0 amide bonds. The van der Waals surface area contributed by atoms with Crippen LogP contribution in [0.15, 0.2) is 24.3 Å². The number of hydrogen-bond donors (Lipinski definition) is 2. The normalized spacial score (nSPS) is 22.9. The van der Waals surface area contributed by atoms with Crippen molar-refractivity contribution in [2.24, 2.45) is 11.7 Å². The molecule has 0 saturated heterocycles. The van der Waals surface area contributed by atoms with Crippen LogP contribution in [0.5, 0.6) is 0 Å². The van der Waals surface area contributed by atoms with Gasteiger partial charge < -0.3 is 5.73 Å². The molecule has 4 nitrogen and oxygen atoms in total. The Labute approximate surface area is 125 Å². The van der Waals surface area contributed by atoms with E-state index in [1.807, 2.05) is 0 Å². The van der Waals surface area contributed by atoms with Gasteiger partial charge >= 0.3 is 0 Å². The third-order valence-electron chi connectivity index (χ3n) is 3.61. The van der Waals surface area contributed by atoms with Crippen LogP contribution in [-0.4, -0.2) is 19.4 Å². The van der Waals surface area contributed by atoms with Crippen LogP contribution in [0.4, 0.5) is 0 Å². The Morgan fingerprint density at radius 3 is 2.80 bits per heavy atom. The summed E-state index contributed by atoms with van der Waals surface area (Å²) in [5.41, 5.74) is 6.96. The smallest absolute Gasteiger partial charge is 0.216 e. The third kappa shape index (κ3) is 4.26. The number of hydrogen-bond acceptors (Lipinski definition) is 3. The lowest BCUT2D eigenvalue weighted by molar-refractivity contribution is 0.538. The number of rotatable bonds is 5. The molecule has 0 bridgehead atoms. The highest BCUT2D eigenvalue weighted by molar-refractivity contribution is 7.88. The number of nitrogens with two attached hydrogens (primary N) is 1. The van der Waals surface area contributed by atoms with Crippen LogP contribution in [-0.2, 0) is 15.8 Å². The number of benzene rings is 1. The van der Waals surface area contributed by atoms with E-state index in [9.17, 15) is 8.42 Å². The van der Waals surface area contributed by atoms with Gasteiger partial charge in [-0.05, 0) is 36.8 Å². The minimum absolute atomic E-state index is 0.0334. The fourth-order valence-electron chi connectivity index (χ4n) is 2.64. The molecule has 0 spiro atoms. The molecule has 1 aliphatic carbocycles. The fourth-order valence-corrected chi connectivity index (χ4v) is 4.19. The Morgan fingerprint density at radius 2 is 2.20 bits per heavy atom. The Balaban J connectivity index is 2.04. The first-order valence-electron chi connectivity index (χ1n) is 6.74. The van der Waals surface area contributed by atoms with Crippen molar-refractivity contribution >= 4 is 27.2 Å². The predicted octanol–water partition coefficient (Wildman–Crippen LogP) is 1.93. The van der Waals surface area contributed by atoms with Gasteiger partial charge in [0.25, 0.3) is 0 Å². The number of nitrogens with one attached hydrogen (secondary N) is 1. The second-order valence-corrected chi connectivity index (χ2v) is 7.75. The van der Waals surface area contributed by atoms with Gasteiger partial charge in [0, 0.05) is 11.6 Å². The van der Waals surface area contributed by atoms with Gasteiger partial charge in [0.2, 0.25) is 10.0 Å². The van der Waals surface area contributed by atoms with E-state index in [-0.39, 0.29) is 16.8 Å². The lowest BCUT2D eigenvalue weighted by Crippen LogP contribution is -2.33. The van der Waals surface area contributed by atoms with Gasteiger partial charge in [-0.2, -0.15) is 0 Å². The highest BCUT2D eigenvalue weighted by Gasteiger charge is 2.25. The molecule has 110 valence electrons. The highest BCUT2D eigenvalue weighted by atomic mass is 32.2. The number of sulfonamides is 1. The zero-order valence-electron chi connectivity index (χ0n) is 11.5. The summed E-state index contributed by atoms with van der Waals surface area (Å²) in [5, 5.41) is 0. The van der Waals surface area contributed by atoms with Crippen molar-refractivity contribution in [1.82, 2.24) is 4.72 Å². The average Bonchev–Trinajstić information content (AvgIpc) is 2.73. The average molecular weight is 312 g/mol. The number of thiocarbonyl (C=S) groups is 1. The lowest BCUT2D eigenvalue weighted by atomic mass is 10.1. The first-order chi connectivity index (χ1) is 9.35. The van der Waals surface area contributed by atoms with Crippen molar-refractivity contribution in [2.75, 3.05) is 0 Å². The molecule has 6 heteroatoms. The quantitative estimate of drug-likeness (QED) is 0.815. The van der Waals surface area contributed by atoms with Crippen LogP contribution in [0.3, 0.4) is 0 Å². The third-order valence-corrected chi connectivity index (χ3v) is 5.25. The van der Waals surface area contributed by atoms with E-state index < -0.39 is 10.0 Å². The molecule has 1 aromatic rings. The first kappa shape index (κ1) is 15.4.